The molecular weight excluding hydrogens is 401 g/mol. The molecule has 1 fully saturated rings. The second kappa shape index (κ2) is 7.90. The minimum absolute atomic E-state index is 0.000759. The third-order valence-electron chi connectivity index (χ3n) is 4.63. The molecule has 0 bridgehead atoms. The first kappa shape index (κ1) is 19.5. The standard InChI is InChI=1S/C20H17F3N4OS/c21-20(22,23)16-9-5-4-8-15(16)11-26-12-17(24-25-26)19-27(18(28)13-29-19)10-14-6-2-1-3-7-14/h1-9,12,19H,10-11,13H2. The fourth-order valence-corrected chi connectivity index (χ4v) is 4.38. The highest BCUT2D eigenvalue weighted by atomic mass is 32.2. The zero-order chi connectivity index (χ0) is 20.4. The van der Waals surface area contributed by atoms with E-state index < -0.39 is 11.7 Å². The Kier molecular flexibility index (Phi) is 5.31. The van der Waals surface area contributed by atoms with Crippen LogP contribution in [0.15, 0.2) is 60.8 Å². The summed E-state index contributed by atoms with van der Waals surface area (Å²) in [6.07, 6.45) is -2.82. The SMILES string of the molecule is O=C1CSC(c2cn(Cc3ccccc3C(F)(F)F)nn2)N1Cc1ccccc1. The topological polar surface area (TPSA) is 51.0 Å². The van der Waals surface area contributed by atoms with Crippen LogP contribution in [0.25, 0.3) is 0 Å². The third kappa shape index (κ3) is 4.29. The second-order valence-electron chi connectivity index (χ2n) is 6.67. The van der Waals surface area contributed by atoms with Gasteiger partial charge < -0.3 is 4.90 Å². The number of halogens is 3. The Morgan fingerprint density at radius 2 is 1.76 bits per heavy atom. The van der Waals surface area contributed by atoms with E-state index in [0.29, 0.717) is 18.0 Å². The Balaban J connectivity index is 1.54. The van der Waals surface area contributed by atoms with Gasteiger partial charge in [-0.3, -0.25) is 4.79 Å². The maximum Gasteiger partial charge on any atom is 0.416 e. The minimum atomic E-state index is -4.43. The van der Waals surface area contributed by atoms with Gasteiger partial charge in [0.1, 0.15) is 11.1 Å². The lowest BCUT2D eigenvalue weighted by Crippen LogP contribution is -2.27. The van der Waals surface area contributed by atoms with Crippen LogP contribution in [-0.2, 0) is 24.1 Å². The Morgan fingerprint density at radius 1 is 1.03 bits per heavy atom. The molecule has 3 aromatic rings. The van der Waals surface area contributed by atoms with Crippen molar-refractivity contribution in [1.29, 1.82) is 0 Å². The number of aromatic nitrogens is 3. The molecule has 1 aromatic heterocycles. The van der Waals surface area contributed by atoms with Crippen molar-refractivity contribution in [3.63, 3.8) is 0 Å². The third-order valence-corrected chi connectivity index (χ3v) is 5.85. The van der Waals surface area contributed by atoms with Crippen LogP contribution in [-0.4, -0.2) is 31.6 Å². The summed E-state index contributed by atoms with van der Waals surface area (Å²) in [5, 5.41) is 7.81. The smallest absolute Gasteiger partial charge is 0.320 e. The van der Waals surface area contributed by atoms with Gasteiger partial charge in [0, 0.05) is 6.54 Å². The zero-order valence-electron chi connectivity index (χ0n) is 15.2. The first-order chi connectivity index (χ1) is 13.9. The highest BCUT2D eigenvalue weighted by molar-refractivity contribution is 8.00. The molecule has 9 heteroatoms. The largest absolute Gasteiger partial charge is 0.416 e. The first-order valence-electron chi connectivity index (χ1n) is 8.92. The van der Waals surface area contributed by atoms with Crippen molar-refractivity contribution in [3.8, 4) is 0 Å². The van der Waals surface area contributed by atoms with Crippen molar-refractivity contribution >= 4 is 17.7 Å². The molecule has 1 amide bonds. The molecule has 4 rings (SSSR count). The summed E-state index contributed by atoms with van der Waals surface area (Å²) in [4.78, 5) is 14.1. The van der Waals surface area contributed by atoms with E-state index in [-0.39, 0.29) is 23.4 Å². The van der Waals surface area contributed by atoms with Gasteiger partial charge >= 0.3 is 6.18 Å². The summed E-state index contributed by atoms with van der Waals surface area (Å²) < 4.78 is 41.0. The average molecular weight is 418 g/mol. The molecule has 2 aromatic carbocycles. The molecule has 0 spiro atoms. The molecule has 1 aliphatic rings. The van der Waals surface area contributed by atoms with Crippen LogP contribution in [0.3, 0.4) is 0 Å². The number of hydrogen-bond acceptors (Lipinski definition) is 4. The average Bonchev–Trinajstić information content (AvgIpc) is 3.29. The summed E-state index contributed by atoms with van der Waals surface area (Å²) in [5.41, 5.74) is 0.988. The fourth-order valence-electron chi connectivity index (χ4n) is 3.26. The van der Waals surface area contributed by atoms with Gasteiger partial charge in [-0.25, -0.2) is 4.68 Å². The fraction of sp³-hybridized carbons (Fsp3) is 0.250. The van der Waals surface area contributed by atoms with E-state index in [2.05, 4.69) is 10.3 Å². The number of alkyl halides is 3. The van der Waals surface area contributed by atoms with Crippen LogP contribution in [0.4, 0.5) is 13.2 Å². The number of benzene rings is 2. The van der Waals surface area contributed by atoms with Crippen LogP contribution in [0.2, 0.25) is 0 Å². The van der Waals surface area contributed by atoms with Crippen LogP contribution in [0.5, 0.6) is 0 Å². The molecule has 0 N–H and O–H groups in total. The summed E-state index contributed by atoms with van der Waals surface area (Å²) >= 11 is 1.44. The van der Waals surface area contributed by atoms with E-state index in [4.69, 9.17) is 0 Å². The van der Waals surface area contributed by atoms with Gasteiger partial charge in [-0.15, -0.1) is 16.9 Å². The molecule has 0 saturated carbocycles. The Hall–Kier alpha value is -2.81. The van der Waals surface area contributed by atoms with Gasteiger partial charge in [0.15, 0.2) is 0 Å². The van der Waals surface area contributed by atoms with Crippen molar-refractivity contribution in [2.45, 2.75) is 24.6 Å². The lowest BCUT2D eigenvalue weighted by atomic mass is 10.1. The van der Waals surface area contributed by atoms with E-state index >= 15 is 0 Å². The van der Waals surface area contributed by atoms with Crippen LogP contribution in [0, 0.1) is 0 Å². The number of carbonyl (C=O) groups excluding carboxylic acids is 1. The van der Waals surface area contributed by atoms with Crippen molar-refractivity contribution in [1.82, 2.24) is 19.9 Å². The number of amides is 1. The molecular formula is C20H17F3N4OS. The van der Waals surface area contributed by atoms with E-state index in [9.17, 15) is 18.0 Å². The molecule has 0 radical (unpaired) electrons. The van der Waals surface area contributed by atoms with E-state index in [0.717, 1.165) is 11.6 Å². The second-order valence-corrected chi connectivity index (χ2v) is 7.74. The van der Waals surface area contributed by atoms with Crippen molar-refractivity contribution < 1.29 is 18.0 Å². The highest BCUT2D eigenvalue weighted by Gasteiger charge is 2.35. The summed E-state index contributed by atoms with van der Waals surface area (Å²) in [6, 6.07) is 15.0. The van der Waals surface area contributed by atoms with Crippen molar-refractivity contribution in [2.75, 3.05) is 5.75 Å². The predicted octanol–water partition coefficient (Wildman–Crippen LogP) is 4.12. The summed E-state index contributed by atoms with van der Waals surface area (Å²) in [5.74, 6) is 0.335. The van der Waals surface area contributed by atoms with E-state index in [1.165, 1.54) is 28.6 Å². The normalized spacial score (nSPS) is 17.1. The minimum Gasteiger partial charge on any atom is -0.320 e. The van der Waals surface area contributed by atoms with Gasteiger partial charge in [0.2, 0.25) is 5.91 Å². The molecule has 1 atom stereocenters. The Labute approximate surface area is 169 Å². The van der Waals surface area contributed by atoms with E-state index in [1.54, 1.807) is 17.2 Å². The number of thioether (sulfide) groups is 1. The highest BCUT2D eigenvalue weighted by Crippen LogP contribution is 2.38. The van der Waals surface area contributed by atoms with Crippen molar-refractivity contribution in [3.05, 3.63) is 83.2 Å². The molecule has 1 aliphatic heterocycles. The van der Waals surface area contributed by atoms with Crippen LogP contribution < -0.4 is 0 Å². The van der Waals surface area contributed by atoms with Crippen LogP contribution in [0.1, 0.15) is 27.8 Å². The maximum atomic E-state index is 13.2. The summed E-state index contributed by atoms with van der Waals surface area (Å²) in [7, 11) is 0. The lowest BCUT2D eigenvalue weighted by molar-refractivity contribution is -0.138. The van der Waals surface area contributed by atoms with Gasteiger partial charge in [-0.05, 0) is 17.2 Å². The van der Waals surface area contributed by atoms with E-state index in [1.807, 2.05) is 30.3 Å². The molecule has 2 heterocycles. The Morgan fingerprint density at radius 3 is 2.52 bits per heavy atom. The lowest BCUT2D eigenvalue weighted by Gasteiger charge is -2.22. The molecule has 1 saturated heterocycles. The number of carbonyl (C=O) groups is 1. The van der Waals surface area contributed by atoms with Gasteiger partial charge in [-0.2, -0.15) is 13.2 Å². The van der Waals surface area contributed by atoms with Crippen molar-refractivity contribution in [2.24, 2.45) is 0 Å². The monoisotopic (exact) mass is 418 g/mol. The van der Waals surface area contributed by atoms with Gasteiger partial charge in [0.05, 0.1) is 24.1 Å². The molecule has 1 unspecified atom stereocenters. The molecule has 5 nitrogen and oxygen atoms in total. The number of nitrogens with zero attached hydrogens (tertiary/aromatic N) is 4. The predicted molar refractivity (Wildman–Crippen MR) is 103 cm³/mol. The summed E-state index contributed by atoms with van der Waals surface area (Å²) in [6.45, 7) is 0.397. The molecule has 150 valence electrons. The molecule has 0 aliphatic carbocycles. The Bertz CT molecular complexity index is 1010. The molecule has 29 heavy (non-hydrogen) atoms. The van der Waals surface area contributed by atoms with Gasteiger partial charge in [-0.1, -0.05) is 53.7 Å². The first-order valence-corrected chi connectivity index (χ1v) is 9.97. The number of rotatable bonds is 5. The maximum absolute atomic E-state index is 13.2. The van der Waals surface area contributed by atoms with Gasteiger partial charge in [0.25, 0.3) is 0 Å². The quantitative estimate of drug-likeness (QED) is 0.626. The number of hydrogen-bond donors (Lipinski definition) is 0. The van der Waals surface area contributed by atoms with Crippen LogP contribution >= 0.6 is 11.8 Å². The zero-order valence-corrected chi connectivity index (χ0v) is 16.0.